The molecule has 0 saturated carbocycles. The van der Waals surface area contributed by atoms with Gasteiger partial charge in [0.15, 0.2) is 0 Å². The average Bonchev–Trinajstić information content (AvgIpc) is 2.48. The average molecular weight is 350 g/mol. The fourth-order valence-corrected chi connectivity index (χ4v) is 2.16. The van der Waals surface area contributed by atoms with Gasteiger partial charge in [-0.25, -0.2) is 0 Å². The van der Waals surface area contributed by atoms with Gasteiger partial charge in [0, 0.05) is 37.8 Å². The molecule has 22 heavy (non-hydrogen) atoms. The second-order valence-electron chi connectivity index (χ2n) is 5.02. The molecule has 4 nitrogen and oxygen atoms in total. The number of nitrogens with one attached hydrogen (secondary N) is 2. The largest absolute Gasteiger partial charge is 0.372 e. The Bertz CT molecular complexity index is 390. The van der Waals surface area contributed by atoms with Crippen molar-refractivity contribution >= 4 is 36.4 Å². The Balaban J connectivity index is 0. The third kappa shape index (κ3) is 8.47. The fourth-order valence-electron chi connectivity index (χ4n) is 2.16. The molecule has 0 aliphatic rings. The van der Waals surface area contributed by atoms with Gasteiger partial charge in [0.25, 0.3) is 0 Å². The highest BCUT2D eigenvalue weighted by molar-refractivity contribution is 5.85. The molecule has 1 atom stereocenters. The lowest BCUT2D eigenvalue weighted by Crippen LogP contribution is -2.36. The number of rotatable bonds is 9. The number of hydrogen-bond acceptors (Lipinski definition) is 3. The van der Waals surface area contributed by atoms with E-state index >= 15 is 0 Å². The van der Waals surface area contributed by atoms with E-state index in [1.165, 1.54) is 5.69 Å². The van der Waals surface area contributed by atoms with Gasteiger partial charge in [0.05, 0.1) is 0 Å². The number of para-hydroxylation sites is 1. The lowest BCUT2D eigenvalue weighted by Gasteiger charge is -2.23. The van der Waals surface area contributed by atoms with Gasteiger partial charge in [-0.05, 0) is 32.5 Å². The van der Waals surface area contributed by atoms with Gasteiger partial charge in [-0.1, -0.05) is 25.1 Å². The van der Waals surface area contributed by atoms with Crippen molar-refractivity contribution < 1.29 is 4.79 Å². The van der Waals surface area contributed by atoms with Gasteiger partial charge in [-0.2, -0.15) is 0 Å². The molecule has 6 heteroatoms. The van der Waals surface area contributed by atoms with Crippen LogP contribution in [0.15, 0.2) is 30.3 Å². The first-order valence-electron chi connectivity index (χ1n) is 7.41. The number of halogens is 2. The summed E-state index contributed by atoms with van der Waals surface area (Å²) in [7, 11) is 1.86. The summed E-state index contributed by atoms with van der Waals surface area (Å²) in [6.45, 7) is 7.48. The van der Waals surface area contributed by atoms with Gasteiger partial charge in [0.1, 0.15) is 0 Å². The predicted octanol–water partition coefficient (Wildman–Crippen LogP) is 2.72. The molecule has 2 N–H and O–H groups in total. The van der Waals surface area contributed by atoms with Gasteiger partial charge in [-0.15, -0.1) is 24.8 Å². The van der Waals surface area contributed by atoms with Crippen molar-refractivity contribution in [3.05, 3.63) is 30.3 Å². The van der Waals surface area contributed by atoms with Gasteiger partial charge in [-0.3, -0.25) is 4.79 Å². The molecule has 0 aliphatic carbocycles. The zero-order chi connectivity index (χ0) is 14.8. The predicted molar refractivity (Wildman–Crippen MR) is 99.5 cm³/mol. The molecule has 1 unspecified atom stereocenters. The van der Waals surface area contributed by atoms with Crippen LogP contribution in [0.25, 0.3) is 0 Å². The minimum Gasteiger partial charge on any atom is -0.372 e. The van der Waals surface area contributed by atoms with E-state index in [1.807, 2.05) is 20.0 Å². The van der Waals surface area contributed by atoms with Crippen LogP contribution in [0.5, 0.6) is 0 Å². The Kier molecular flexibility index (Phi) is 14.5. The molecule has 0 heterocycles. The second kappa shape index (κ2) is 13.7. The molecule has 0 aromatic heterocycles. The van der Waals surface area contributed by atoms with E-state index in [9.17, 15) is 4.79 Å². The van der Waals surface area contributed by atoms with Crippen LogP contribution >= 0.6 is 24.8 Å². The number of carbonyl (C=O) groups is 1. The molecular formula is C16H29Cl2N3O. The van der Waals surface area contributed by atoms with Crippen molar-refractivity contribution in [3.8, 4) is 0 Å². The zero-order valence-corrected chi connectivity index (χ0v) is 15.3. The zero-order valence-electron chi connectivity index (χ0n) is 13.7. The first kappa shape index (κ1) is 23.3. The Labute approximate surface area is 146 Å². The van der Waals surface area contributed by atoms with E-state index in [2.05, 4.69) is 46.7 Å². The maximum absolute atomic E-state index is 11.8. The van der Waals surface area contributed by atoms with Crippen LogP contribution in [0.4, 0.5) is 5.69 Å². The topological polar surface area (TPSA) is 44.4 Å². The van der Waals surface area contributed by atoms with E-state index in [0.29, 0.717) is 0 Å². The molecule has 128 valence electrons. The summed E-state index contributed by atoms with van der Waals surface area (Å²) in [5.41, 5.74) is 1.24. The molecule has 1 aromatic carbocycles. The Morgan fingerprint density at radius 2 is 1.86 bits per heavy atom. The maximum Gasteiger partial charge on any atom is 0.224 e. The van der Waals surface area contributed by atoms with Gasteiger partial charge >= 0.3 is 0 Å². The Hall–Kier alpha value is -0.970. The van der Waals surface area contributed by atoms with Crippen LogP contribution in [-0.2, 0) is 4.79 Å². The van der Waals surface area contributed by atoms with Crippen molar-refractivity contribution in [2.75, 3.05) is 38.1 Å². The van der Waals surface area contributed by atoms with Crippen molar-refractivity contribution in [2.45, 2.75) is 20.3 Å². The van der Waals surface area contributed by atoms with E-state index in [4.69, 9.17) is 0 Å². The van der Waals surface area contributed by atoms with E-state index in [1.54, 1.807) is 0 Å². The van der Waals surface area contributed by atoms with E-state index < -0.39 is 0 Å². The summed E-state index contributed by atoms with van der Waals surface area (Å²) in [6, 6.07) is 10.4. The number of nitrogens with zero attached hydrogens (tertiary/aromatic N) is 1. The fraction of sp³-hybridized carbons (Fsp3) is 0.562. The molecule has 1 aromatic rings. The second-order valence-corrected chi connectivity index (χ2v) is 5.02. The van der Waals surface area contributed by atoms with Crippen molar-refractivity contribution in [2.24, 2.45) is 5.92 Å². The first-order valence-corrected chi connectivity index (χ1v) is 7.41. The van der Waals surface area contributed by atoms with Crippen LogP contribution in [0.3, 0.4) is 0 Å². The highest BCUT2D eigenvalue weighted by atomic mass is 35.5. The molecular weight excluding hydrogens is 321 g/mol. The molecule has 0 fully saturated rings. The summed E-state index contributed by atoms with van der Waals surface area (Å²) in [6.07, 6.45) is 0.959. The monoisotopic (exact) mass is 349 g/mol. The standard InChI is InChI=1S/C16H27N3O.2ClH/c1-4-19(15-9-6-5-7-10-15)12-8-11-18-16(20)14(2)13-17-3;;/h5-7,9-10,14,17H,4,8,11-13H2,1-3H3,(H,18,20);2*1H. The van der Waals surface area contributed by atoms with Crippen LogP contribution in [0, 0.1) is 5.92 Å². The van der Waals surface area contributed by atoms with E-state index in [-0.39, 0.29) is 36.6 Å². The summed E-state index contributed by atoms with van der Waals surface area (Å²) in [5, 5.41) is 6.01. The first-order chi connectivity index (χ1) is 9.69. The van der Waals surface area contributed by atoms with Crippen molar-refractivity contribution in [1.82, 2.24) is 10.6 Å². The quantitative estimate of drug-likeness (QED) is 0.673. The number of anilines is 1. The smallest absolute Gasteiger partial charge is 0.224 e. The lowest BCUT2D eigenvalue weighted by molar-refractivity contribution is -0.124. The van der Waals surface area contributed by atoms with Gasteiger partial charge < -0.3 is 15.5 Å². The molecule has 0 saturated heterocycles. The number of carbonyl (C=O) groups excluding carboxylic acids is 1. The number of amides is 1. The minimum absolute atomic E-state index is 0. The minimum atomic E-state index is 0. The summed E-state index contributed by atoms with van der Waals surface area (Å²) >= 11 is 0. The normalized spacial score (nSPS) is 10.9. The summed E-state index contributed by atoms with van der Waals surface area (Å²) < 4.78 is 0. The molecule has 1 amide bonds. The molecule has 0 spiro atoms. The molecule has 0 aliphatic heterocycles. The summed E-state index contributed by atoms with van der Waals surface area (Å²) in [4.78, 5) is 14.1. The number of hydrogen-bond donors (Lipinski definition) is 2. The molecule has 1 rings (SSSR count). The Morgan fingerprint density at radius 3 is 2.41 bits per heavy atom. The van der Waals surface area contributed by atoms with Crippen LogP contribution in [0.2, 0.25) is 0 Å². The Morgan fingerprint density at radius 1 is 1.23 bits per heavy atom. The molecule has 0 radical (unpaired) electrons. The highest BCUT2D eigenvalue weighted by Gasteiger charge is 2.10. The highest BCUT2D eigenvalue weighted by Crippen LogP contribution is 2.12. The third-order valence-corrected chi connectivity index (χ3v) is 3.36. The lowest BCUT2D eigenvalue weighted by atomic mass is 10.1. The van der Waals surface area contributed by atoms with Crippen molar-refractivity contribution in [1.29, 1.82) is 0 Å². The third-order valence-electron chi connectivity index (χ3n) is 3.36. The van der Waals surface area contributed by atoms with Crippen molar-refractivity contribution in [3.63, 3.8) is 0 Å². The maximum atomic E-state index is 11.8. The van der Waals surface area contributed by atoms with E-state index in [0.717, 1.165) is 32.6 Å². The molecule has 0 bridgehead atoms. The number of benzene rings is 1. The SMILES string of the molecule is CCN(CCCNC(=O)C(C)CNC)c1ccccc1.Cl.Cl. The van der Waals surface area contributed by atoms with Gasteiger partial charge in [0.2, 0.25) is 5.91 Å². The summed E-state index contributed by atoms with van der Waals surface area (Å²) in [5.74, 6) is 0.151. The van der Waals surface area contributed by atoms with Crippen LogP contribution < -0.4 is 15.5 Å². The van der Waals surface area contributed by atoms with Crippen LogP contribution in [-0.4, -0.2) is 39.1 Å². The van der Waals surface area contributed by atoms with Crippen LogP contribution in [0.1, 0.15) is 20.3 Å².